The Morgan fingerprint density at radius 2 is 1.69 bits per heavy atom. The molecule has 0 spiro atoms. The van der Waals surface area contributed by atoms with Gasteiger partial charge in [0.05, 0.1) is 10.6 Å². The summed E-state index contributed by atoms with van der Waals surface area (Å²) in [6.07, 6.45) is 0.674. The maximum absolute atomic E-state index is 13.4. The molecule has 0 bridgehead atoms. The third-order valence-electron chi connectivity index (χ3n) is 4.51. The third kappa shape index (κ3) is 6.30. The SMILES string of the molecule is CCOCCCNC(=O)CN(c1ccc(C)cc1C)S(=O)(=O)c1ccc(C)cc1. The summed E-state index contributed by atoms with van der Waals surface area (Å²) in [4.78, 5) is 12.7. The van der Waals surface area contributed by atoms with Crippen LogP contribution in [-0.4, -0.2) is 40.6 Å². The van der Waals surface area contributed by atoms with E-state index in [0.29, 0.717) is 31.9 Å². The fraction of sp³-hybridized carbons (Fsp3) is 0.409. The van der Waals surface area contributed by atoms with Gasteiger partial charge in [-0.2, -0.15) is 0 Å². The van der Waals surface area contributed by atoms with Gasteiger partial charge >= 0.3 is 0 Å². The van der Waals surface area contributed by atoms with Gasteiger partial charge in [0.15, 0.2) is 0 Å². The molecule has 0 aliphatic carbocycles. The number of benzene rings is 2. The zero-order chi connectivity index (χ0) is 21.4. The van der Waals surface area contributed by atoms with Gasteiger partial charge in [0.2, 0.25) is 5.91 Å². The van der Waals surface area contributed by atoms with E-state index in [0.717, 1.165) is 16.7 Å². The number of anilines is 1. The predicted molar refractivity (Wildman–Crippen MR) is 116 cm³/mol. The van der Waals surface area contributed by atoms with Crippen LogP contribution in [0.3, 0.4) is 0 Å². The van der Waals surface area contributed by atoms with E-state index in [2.05, 4.69) is 5.32 Å². The Labute approximate surface area is 173 Å². The summed E-state index contributed by atoms with van der Waals surface area (Å²) in [5.74, 6) is -0.350. The molecule has 0 radical (unpaired) electrons. The lowest BCUT2D eigenvalue weighted by Gasteiger charge is -2.26. The molecule has 0 unspecified atom stereocenters. The smallest absolute Gasteiger partial charge is 0.264 e. The molecule has 2 aromatic rings. The van der Waals surface area contributed by atoms with E-state index < -0.39 is 10.0 Å². The van der Waals surface area contributed by atoms with Crippen LogP contribution in [-0.2, 0) is 19.6 Å². The molecule has 1 N–H and O–H groups in total. The molecule has 2 rings (SSSR count). The Balaban J connectivity index is 2.29. The second-order valence-electron chi connectivity index (χ2n) is 7.02. The fourth-order valence-electron chi connectivity index (χ4n) is 2.96. The maximum Gasteiger partial charge on any atom is 0.264 e. The van der Waals surface area contributed by atoms with Crippen LogP contribution in [0.15, 0.2) is 47.4 Å². The molecule has 0 aliphatic heterocycles. The fourth-order valence-corrected chi connectivity index (χ4v) is 4.44. The van der Waals surface area contributed by atoms with Gasteiger partial charge in [-0.25, -0.2) is 8.42 Å². The second-order valence-corrected chi connectivity index (χ2v) is 8.88. The Morgan fingerprint density at radius 3 is 2.31 bits per heavy atom. The molecule has 0 aliphatic rings. The maximum atomic E-state index is 13.4. The molecule has 0 saturated heterocycles. The van der Waals surface area contributed by atoms with Crippen molar-refractivity contribution >= 4 is 21.6 Å². The first kappa shape index (κ1) is 22.9. The van der Waals surface area contributed by atoms with Crippen LogP contribution in [0.5, 0.6) is 0 Å². The minimum absolute atomic E-state index is 0.159. The monoisotopic (exact) mass is 418 g/mol. The number of aryl methyl sites for hydroxylation is 3. The average molecular weight is 419 g/mol. The number of nitrogens with zero attached hydrogens (tertiary/aromatic N) is 1. The van der Waals surface area contributed by atoms with Crippen LogP contribution in [0.2, 0.25) is 0 Å². The first-order chi connectivity index (χ1) is 13.8. The highest BCUT2D eigenvalue weighted by molar-refractivity contribution is 7.92. The van der Waals surface area contributed by atoms with Crippen molar-refractivity contribution in [3.63, 3.8) is 0 Å². The van der Waals surface area contributed by atoms with E-state index in [1.54, 1.807) is 30.3 Å². The lowest BCUT2D eigenvalue weighted by Crippen LogP contribution is -2.41. The summed E-state index contributed by atoms with van der Waals surface area (Å²) in [6.45, 7) is 8.94. The van der Waals surface area contributed by atoms with E-state index in [1.165, 1.54) is 4.31 Å². The van der Waals surface area contributed by atoms with Crippen LogP contribution in [0.4, 0.5) is 5.69 Å². The zero-order valence-electron chi connectivity index (χ0n) is 17.6. The van der Waals surface area contributed by atoms with Crippen molar-refractivity contribution in [3.8, 4) is 0 Å². The Hall–Kier alpha value is -2.38. The molecular weight excluding hydrogens is 388 g/mol. The molecule has 158 valence electrons. The van der Waals surface area contributed by atoms with Gasteiger partial charge in [-0.15, -0.1) is 0 Å². The first-order valence-corrected chi connectivity index (χ1v) is 11.2. The highest BCUT2D eigenvalue weighted by Gasteiger charge is 2.28. The summed E-state index contributed by atoms with van der Waals surface area (Å²) in [7, 11) is -3.89. The summed E-state index contributed by atoms with van der Waals surface area (Å²) in [5, 5.41) is 2.78. The van der Waals surface area contributed by atoms with E-state index in [9.17, 15) is 13.2 Å². The Morgan fingerprint density at radius 1 is 1.03 bits per heavy atom. The van der Waals surface area contributed by atoms with Crippen molar-refractivity contribution in [2.75, 3.05) is 30.6 Å². The molecule has 0 atom stereocenters. The van der Waals surface area contributed by atoms with Gasteiger partial charge in [-0.1, -0.05) is 35.4 Å². The minimum atomic E-state index is -3.89. The molecule has 0 saturated carbocycles. The topological polar surface area (TPSA) is 75.7 Å². The molecule has 7 heteroatoms. The highest BCUT2D eigenvalue weighted by atomic mass is 32.2. The van der Waals surface area contributed by atoms with Crippen molar-refractivity contribution in [1.82, 2.24) is 5.32 Å². The highest BCUT2D eigenvalue weighted by Crippen LogP contribution is 2.27. The molecular formula is C22H30N2O4S. The zero-order valence-corrected chi connectivity index (χ0v) is 18.4. The van der Waals surface area contributed by atoms with E-state index in [4.69, 9.17) is 4.74 Å². The third-order valence-corrected chi connectivity index (χ3v) is 6.28. The number of carbonyl (C=O) groups is 1. The lowest BCUT2D eigenvalue weighted by molar-refractivity contribution is -0.119. The van der Waals surface area contributed by atoms with E-state index >= 15 is 0 Å². The number of amides is 1. The van der Waals surface area contributed by atoms with Crippen LogP contribution in [0.1, 0.15) is 30.0 Å². The number of nitrogens with one attached hydrogen (secondary N) is 1. The number of ether oxygens (including phenoxy) is 1. The molecule has 6 nitrogen and oxygen atoms in total. The molecule has 2 aromatic carbocycles. The minimum Gasteiger partial charge on any atom is -0.382 e. The normalized spacial score (nSPS) is 11.3. The molecule has 1 amide bonds. The van der Waals surface area contributed by atoms with Crippen molar-refractivity contribution in [2.45, 2.75) is 39.0 Å². The molecule has 0 aromatic heterocycles. The van der Waals surface area contributed by atoms with Gasteiger partial charge in [-0.05, 0) is 57.9 Å². The van der Waals surface area contributed by atoms with Crippen LogP contribution < -0.4 is 9.62 Å². The number of hydrogen-bond acceptors (Lipinski definition) is 4. The lowest BCUT2D eigenvalue weighted by atomic mass is 10.1. The number of carbonyl (C=O) groups excluding carboxylic acids is 1. The summed E-state index contributed by atoms with van der Waals surface area (Å²) in [5.41, 5.74) is 3.29. The van der Waals surface area contributed by atoms with Gasteiger partial charge in [0.25, 0.3) is 10.0 Å². The largest absolute Gasteiger partial charge is 0.382 e. The van der Waals surface area contributed by atoms with Crippen molar-refractivity contribution < 1.29 is 17.9 Å². The van der Waals surface area contributed by atoms with Crippen LogP contribution in [0.25, 0.3) is 0 Å². The van der Waals surface area contributed by atoms with E-state index in [1.807, 2.05) is 39.8 Å². The standard InChI is InChI=1S/C22H30N2O4S/c1-5-28-14-6-13-23-22(25)16-24(21-12-9-18(3)15-19(21)4)29(26,27)20-10-7-17(2)8-11-20/h7-12,15H,5-6,13-14,16H2,1-4H3,(H,23,25). The van der Waals surface area contributed by atoms with Crippen molar-refractivity contribution in [2.24, 2.45) is 0 Å². The van der Waals surface area contributed by atoms with Crippen LogP contribution >= 0.6 is 0 Å². The van der Waals surface area contributed by atoms with Crippen molar-refractivity contribution in [3.05, 3.63) is 59.2 Å². The molecule has 0 fully saturated rings. The molecule has 0 heterocycles. The van der Waals surface area contributed by atoms with Gasteiger partial charge < -0.3 is 10.1 Å². The second kappa shape index (κ2) is 10.4. The summed E-state index contributed by atoms with van der Waals surface area (Å²) >= 11 is 0. The Bertz CT molecular complexity index is 924. The van der Waals surface area contributed by atoms with Gasteiger partial charge in [0, 0.05) is 19.8 Å². The van der Waals surface area contributed by atoms with Gasteiger partial charge in [-0.3, -0.25) is 9.10 Å². The number of hydrogen-bond donors (Lipinski definition) is 1. The average Bonchev–Trinajstić information content (AvgIpc) is 2.67. The number of sulfonamides is 1. The quantitative estimate of drug-likeness (QED) is 0.601. The van der Waals surface area contributed by atoms with E-state index in [-0.39, 0.29) is 17.3 Å². The Kier molecular flexibility index (Phi) is 8.22. The summed E-state index contributed by atoms with van der Waals surface area (Å²) < 4.78 is 33.2. The predicted octanol–water partition coefficient (Wildman–Crippen LogP) is 3.35. The number of rotatable bonds is 10. The van der Waals surface area contributed by atoms with Gasteiger partial charge in [0.1, 0.15) is 6.54 Å². The van der Waals surface area contributed by atoms with Crippen LogP contribution in [0, 0.1) is 20.8 Å². The molecule has 29 heavy (non-hydrogen) atoms. The summed E-state index contributed by atoms with van der Waals surface area (Å²) in [6, 6.07) is 12.1. The van der Waals surface area contributed by atoms with Crippen molar-refractivity contribution in [1.29, 1.82) is 0 Å². The first-order valence-electron chi connectivity index (χ1n) is 9.76.